The number of nitrogens with zero attached hydrogens (tertiary/aromatic N) is 4. The minimum absolute atomic E-state index is 0.457. The van der Waals surface area contributed by atoms with Crippen LogP contribution in [0.2, 0.25) is 0 Å². The highest BCUT2D eigenvalue weighted by atomic mass is 15.0. The highest BCUT2D eigenvalue weighted by Crippen LogP contribution is 2.64. The van der Waals surface area contributed by atoms with Crippen molar-refractivity contribution in [3.05, 3.63) is 241 Å². The summed E-state index contributed by atoms with van der Waals surface area (Å²) in [7, 11) is 0. The first-order valence-corrected chi connectivity index (χ1v) is 21.2. The van der Waals surface area contributed by atoms with E-state index in [0.29, 0.717) is 17.5 Å². The molecule has 2 aliphatic rings. The van der Waals surface area contributed by atoms with Crippen molar-refractivity contribution in [2.24, 2.45) is 0 Å². The summed E-state index contributed by atoms with van der Waals surface area (Å²) in [6, 6.07) is 78.7. The Morgan fingerprint density at radius 3 is 1.26 bits per heavy atom. The van der Waals surface area contributed by atoms with Crippen LogP contribution in [-0.4, -0.2) is 19.5 Å². The van der Waals surface area contributed by atoms with Crippen LogP contribution in [0.25, 0.3) is 95.0 Å². The Labute approximate surface area is 359 Å². The molecule has 1 spiro atoms. The van der Waals surface area contributed by atoms with Crippen LogP contribution >= 0.6 is 0 Å². The van der Waals surface area contributed by atoms with Crippen LogP contribution in [0, 0.1) is 0 Å². The maximum atomic E-state index is 5.12. The third kappa shape index (κ3) is 4.92. The van der Waals surface area contributed by atoms with Crippen molar-refractivity contribution in [1.82, 2.24) is 19.5 Å². The van der Waals surface area contributed by atoms with Gasteiger partial charge in [-0.2, -0.15) is 0 Å². The minimum Gasteiger partial charge on any atom is -0.309 e. The number of hydrogen-bond acceptors (Lipinski definition) is 3. The highest BCUT2D eigenvalue weighted by molar-refractivity contribution is 6.12. The van der Waals surface area contributed by atoms with Gasteiger partial charge in [-0.1, -0.05) is 176 Å². The van der Waals surface area contributed by atoms with E-state index in [1.807, 2.05) is 36.4 Å². The van der Waals surface area contributed by atoms with Gasteiger partial charge in [-0.15, -0.1) is 0 Å². The first kappa shape index (κ1) is 34.6. The number of benzene rings is 9. The fraction of sp³-hybridized carbons (Fsp3) is 0.0172. The molecule has 2 heterocycles. The van der Waals surface area contributed by atoms with Gasteiger partial charge in [0.25, 0.3) is 0 Å². The monoisotopic (exact) mass is 788 g/mol. The van der Waals surface area contributed by atoms with Crippen LogP contribution in [-0.2, 0) is 5.41 Å². The SMILES string of the molecule is c1ccc(-c2nc(-c3ccccc3)nc(-c3ccc4c(c3)c3cc(-c5cccc6c5C5(c7ccccc7-c7ccccc75)c5ccccc5-6)ccc3n4-c3ccccc3)n2)cc1. The van der Waals surface area contributed by atoms with E-state index >= 15 is 0 Å². The predicted octanol–water partition coefficient (Wildman–Crippen LogP) is 14.0. The first-order valence-electron chi connectivity index (χ1n) is 21.2. The molecular weight excluding hydrogens is 753 g/mol. The van der Waals surface area contributed by atoms with Crippen LogP contribution in [0.5, 0.6) is 0 Å². The summed E-state index contributed by atoms with van der Waals surface area (Å²) in [4.78, 5) is 15.2. The Balaban J connectivity index is 1.07. The normalized spacial score (nSPS) is 13.0. The van der Waals surface area contributed by atoms with Gasteiger partial charge in [0.1, 0.15) is 0 Å². The van der Waals surface area contributed by atoms with Crippen LogP contribution < -0.4 is 0 Å². The molecule has 62 heavy (non-hydrogen) atoms. The van der Waals surface area contributed by atoms with Gasteiger partial charge in [-0.05, 0) is 98.1 Å². The van der Waals surface area contributed by atoms with Crippen molar-refractivity contribution in [1.29, 1.82) is 0 Å². The second-order valence-corrected chi connectivity index (χ2v) is 16.3. The summed E-state index contributed by atoms with van der Waals surface area (Å²) >= 11 is 0. The second kappa shape index (κ2) is 13.4. The van der Waals surface area contributed by atoms with Crippen LogP contribution in [0.1, 0.15) is 22.3 Å². The molecule has 0 aliphatic heterocycles. The average Bonchev–Trinajstić information content (AvgIpc) is 3.96. The molecule has 0 saturated heterocycles. The van der Waals surface area contributed by atoms with Crippen molar-refractivity contribution in [2.75, 3.05) is 0 Å². The topological polar surface area (TPSA) is 43.6 Å². The van der Waals surface area contributed by atoms with Crippen molar-refractivity contribution in [3.8, 4) is 73.2 Å². The van der Waals surface area contributed by atoms with Gasteiger partial charge < -0.3 is 4.57 Å². The van der Waals surface area contributed by atoms with E-state index in [-0.39, 0.29) is 0 Å². The van der Waals surface area contributed by atoms with Gasteiger partial charge in [0, 0.05) is 33.2 Å². The molecule has 0 N–H and O–H groups in total. The molecule has 0 amide bonds. The van der Waals surface area contributed by atoms with Gasteiger partial charge in [-0.25, -0.2) is 15.0 Å². The van der Waals surface area contributed by atoms with Crippen molar-refractivity contribution < 1.29 is 0 Å². The number of rotatable bonds is 5. The minimum atomic E-state index is -0.457. The zero-order chi connectivity index (χ0) is 40.8. The molecule has 0 unspecified atom stereocenters. The fourth-order valence-electron chi connectivity index (χ4n) is 10.5. The van der Waals surface area contributed by atoms with E-state index in [1.54, 1.807) is 0 Å². The van der Waals surface area contributed by atoms with Gasteiger partial charge in [0.2, 0.25) is 0 Å². The molecule has 9 aromatic carbocycles. The summed E-state index contributed by atoms with van der Waals surface area (Å²) in [6.07, 6.45) is 0. The van der Waals surface area contributed by atoms with E-state index in [2.05, 4.69) is 187 Å². The Morgan fingerprint density at radius 2 is 0.710 bits per heavy atom. The van der Waals surface area contributed by atoms with Gasteiger partial charge in [0.15, 0.2) is 17.5 Å². The smallest absolute Gasteiger partial charge is 0.164 e. The maximum Gasteiger partial charge on any atom is 0.164 e. The summed E-state index contributed by atoms with van der Waals surface area (Å²) in [5, 5.41) is 2.30. The zero-order valence-electron chi connectivity index (χ0n) is 33.6. The molecule has 0 bridgehead atoms. The molecule has 288 valence electrons. The predicted molar refractivity (Wildman–Crippen MR) is 252 cm³/mol. The van der Waals surface area contributed by atoms with Crippen LogP contribution in [0.3, 0.4) is 0 Å². The third-order valence-corrected chi connectivity index (χ3v) is 13.1. The van der Waals surface area contributed by atoms with Crippen molar-refractivity contribution >= 4 is 21.8 Å². The van der Waals surface area contributed by atoms with Gasteiger partial charge >= 0.3 is 0 Å². The first-order chi connectivity index (χ1) is 30.8. The molecule has 11 aromatic rings. The summed E-state index contributed by atoms with van der Waals surface area (Å²) in [6.45, 7) is 0. The van der Waals surface area contributed by atoms with E-state index in [4.69, 9.17) is 15.0 Å². The fourth-order valence-corrected chi connectivity index (χ4v) is 10.5. The molecule has 0 saturated carbocycles. The Morgan fingerprint density at radius 1 is 0.306 bits per heavy atom. The molecule has 0 fully saturated rings. The van der Waals surface area contributed by atoms with Crippen LogP contribution in [0.15, 0.2) is 218 Å². The molecule has 0 atom stereocenters. The number of hydrogen-bond donors (Lipinski definition) is 0. The van der Waals surface area contributed by atoms with E-state index < -0.39 is 5.41 Å². The number of aromatic nitrogens is 4. The average molecular weight is 789 g/mol. The summed E-state index contributed by atoms with van der Waals surface area (Å²) < 4.78 is 2.38. The standard InChI is InChI=1S/C58H36N4/c1-4-17-37(18-5-1)55-59-56(38-19-6-2-7-20-38)61-57(60-55)40-32-34-53-48(36-40)47-35-39(31-33-52(47)62(53)41-21-8-3-9-22-41)42-26-16-27-46-45-25-12-15-30-51(45)58(54(42)46)49-28-13-10-23-43(49)44-24-11-14-29-50(44)58/h1-36H. The summed E-state index contributed by atoms with van der Waals surface area (Å²) in [5.74, 6) is 1.92. The Kier molecular flexibility index (Phi) is 7.49. The molecular formula is C58H36N4. The van der Waals surface area contributed by atoms with Gasteiger partial charge in [0.05, 0.1) is 16.4 Å². The lowest BCUT2D eigenvalue weighted by molar-refractivity contribution is 0.796. The lowest BCUT2D eigenvalue weighted by Crippen LogP contribution is -2.26. The number of para-hydroxylation sites is 1. The summed E-state index contributed by atoms with van der Waals surface area (Å²) in [5.41, 5.74) is 18.7. The van der Waals surface area contributed by atoms with E-state index in [1.165, 1.54) is 61.0 Å². The Bertz CT molecular complexity index is 3450. The molecule has 0 radical (unpaired) electrons. The van der Waals surface area contributed by atoms with Crippen molar-refractivity contribution in [3.63, 3.8) is 0 Å². The molecule has 13 rings (SSSR count). The molecule has 2 aliphatic carbocycles. The highest BCUT2D eigenvalue weighted by Gasteiger charge is 2.52. The Hall–Kier alpha value is -8.21. The lowest BCUT2D eigenvalue weighted by atomic mass is 9.68. The lowest BCUT2D eigenvalue weighted by Gasteiger charge is -2.32. The largest absolute Gasteiger partial charge is 0.309 e. The van der Waals surface area contributed by atoms with Crippen molar-refractivity contribution in [2.45, 2.75) is 5.41 Å². The van der Waals surface area contributed by atoms with Gasteiger partial charge in [-0.3, -0.25) is 0 Å². The quantitative estimate of drug-likeness (QED) is 0.174. The van der Waals surface area contributed by atoms with E-state index in [9.17, 15) is 0 Å². The third-order valence-electron chi connectivity index (χ3n) is 13.1. The number of fused-ring (bicyclic) bond motifs is 13. The maximum absolute atomic E-state index is 5.12. The second-order valence-electron chi connectivity index (χ2n) is 16.3. The molecule has 4 nitrogen and oxygen atoms in total. The van der Waals surface area contributed by atoms with E-state index in [0.717, 1.165) is 38.8 Å². The molecule has 4 heteroatoms. The molecule has 2 aromatic heterocycles. The zero-order valence-corrected chi connectivity index (χ0v) is 33.6. The van der Waals surface area contributed by atoms with Crippen LogP contribution in [0.4, 0.5) is 0 Å².